The summed E-state index contributed by atoms with van der Waals surface area (Å²) < 4.78 is 0. The van der Waals surface area contributed by atoms with Crippen molar-refractivity contribution in [1.29, 1.82) is 0 Å². The average Bonchev–Trinajstić information content (AvgIpc) is 3.56. The zero-order chi connectivity index (χ0) is 20.2. The third-order valence-electron chi connectivity index (χ3n) is 5.16. The lowest BCUT2D eigenvalue weighted by atomic mass is 10.00. The Hall–Kier alpha value is -3.40. The Kier molecular flexibility index (Phi) is 5.43. The van der Waals surface area contributed by atoms with Crippen molar-refractivity contribution in [1.82, 2.24) is 10.6 Å². The minimum atomic E-state index is -0.152. The number of hydrogen-bond donors (Lipinski definition) is 2. The van der Waals surface area contributed by atoms with E-state index in [1.54, 1.807) is 18.2 Å². The van der Waals surface area contributed by atoms with Crippen molar-refractivity contribution in [2.24, 2.45) is 0 Å². The van der Waals surface area contributed by atoms with Crippen molar-refractivity contribution in [3.63, 3.8) is 0 Å². The molecule has 4 rings (SSSR count). The fraction of sp³-hybridized carbons (Fsp3) is 0.200. The lowest BCUT2D eigenvalue weighted by molar-refractivity contribution is -0.117. The third-order valence-corrected chi connectivity index (χ3v) is 5.16. The monoisotopic (exact) mass is 384 g/mol. The zero-order valence-corrected chi connectivity index (χ0v) is 16.4. The number of nitrogens with one attached hydrogen (secondary N) is 2. The van der Waals surface area contributed by atoms with Gasteiger partial charge in [0.15, 0.2) is 0 Å². The molecule has 2 N–H and O–H groups in total. The van der Waals surface area contributed by atoms with Gasteiger partial charge in [0, 0.05) is 17.7 Å². The van der Waals surface area contributed by atoms with E-state index in [1.165, 1.54) is 6.08 Å². The first-order valence-electron chi connectivity index (χ1n) is 9.97. The van der Waals surface area contributed by atoms with Crippen LogP contribution in [0.25, 0.3) is 16.8 Å². The first-order chi connectivity index (χ1) is 14.1. The number of carbonyl (C=O) groups excluding carboxylic acids is 2. The van der Waals surface area contributed by atoms with Crippen molar-refractivity contribution in [2.45, 2.75) is 31.8 Å². The maximum atomic E-state index is 12.4. The van der Waals surface area contributed by atoms with Crippen LogP contribution in [0.15, 0.2) is 72.8 Å². The van der Waals surface area contributed by atoms with E-state index in [2.05, 4.69) is 28.8 Å². The lowest BCUT2D eigenvalue weighted by Crippen LogP contribution is -2.25. The van der Waals surface area contributed by atoms with Crippen LogP contribution in [0.3, 0.4) is 0 Å². The molecule has 4 nitrogen and oxygen atoms in total. The molecule has 1 saturated carbocycles. The van der Waals surface area contributed by atoms with E-state index < -0.39 is 0 Å². The maximum Gasteiger partial charge on any atom is 0.251 e. The van der Waals surface area contributed by atoms with E-state index >= 15 is 0 Å². The molecular weight excluding hydrogens is 360 g/mol. The molecule has 4 heteroatoms. The van der Waals surface area contributed by atoms with Crippen LogP contribution in [-0.4, -0.2) is 17.9 Å². The minimum Gasteiger partial charge on any atom is -0.349 e. The summed E-state index contributed by atoms with van der Waals surface area (Å²) in [5.41, 5.74) is 2.61. The Morgan fingerprint density at radius 1 is 0.966 bits per heavy atom. The molecule has 1 unspecified atom stereocenters. The smallest absolute Gasteiger partial charge is 0.251 e. The molecule has 3 aromatic rings. The van der Waals surface area contributed by atoms with Gasteiger partial charge in [-0.25, -0.2) is 0 Å². The Labute approximate surface area is 170 Å². The van der Waals surface area contributed by atoms with Crippen LogP contribution in [0, 0.1) is 0 Å². The number of rotatable bonds is 6. The van der Waals surface area contributed by atoms with Crippen molar-refractivity contribution in [2.75, 3.05) is 0 Å². The number of amides is 2. The van der Waals surface area contributed by atoms with Gasteiger partial charge >= 0.3 is 0 Å². The van der Waals surface area contributed by atoms with Crippen LogP contribution in [0.5, 0.6) is 0 Å². The molecule has 0 heterocycles. The Bertz CT molecular complexity index is 1060. The van der Waals surface area contributed by atoms with Crippen molar-refractivity contribution in [3.05, 3.63) is 89.5 Å². The second kappa shape index (κ2) is 8.31. The first kappa shape index (κ1) is 18.9. The molecule has 0 aliphatic heterocycles. The third kappa shape index (κ3) is 4.72. The molecule has 3 aromatic carbocycles. The Morgan fingerprint density at radius 3 is 2.45 bits per heavy atom. The van der Waals surface area contributed by atoms with Crippen LogP contribution in [0.4, 0.5) is 0 Å². The molecule has 1 fully saturated rings. The fourth-order valence-corrected chi connectivity index (χ4v) is 3.38. The highest BCUT2D eigenvalue weighted by Gasteiger charge is 2.23. The molecule has 0 spiro atoms. The van der Waals surface area contributed by atoms with Crippen LogP contribution >= 0.6 is 0 Å². The van der Waals surface area contributed by atoms with E-state index in [1.807, 2.05) is 43.3 Å². The predicted octanol–water partition coefficient (Wildman–Crippen LogP) is 4.62. The standard InChI is InChI=1S/C25H24N2O2/c1-17(22-8-4-6-19-5-2-3-7-23(19)22)26-24(28)16-11-18-9-12-20(13-10-18)25(29)27-21-14-15-21/h2-13,16-17,21H,14-15H2,1H3,(H,26,28)(H,27,29)/b16-11+. The molecular formula is C25H24N2O2. The molecule has 146 valence electrons. The molecule has 0 radical (unpaired) electrons. The van der Waals surface area contributed by atoms with Gasteiger partial charge < -0.3 is 10.6 Å². The second-order valence-corrected chi connectivity index (χ2v) is 7.50. The van der Waals surface area contributed by atoms with Gasteiger partial charge in [-0.2, -0.15) is 0 Å². The van der Waals surface area contributed by atoms with Gasteiger partial charge in [-0.15, -0.1) is 0 Å². The molecule has 0 saturated heterocycles. The summed E-state index contributed by atoms with van der Waals surface area (Å²) in [5.74, 6) is -0.189. The largest absolute Gasteiger partial charge is 0.349 e. The highest BCUT2D eigenvalue weighted by molar-refractivity contribution is 5.95. The summed E-state index contributed by atoms with van der Waals surface area (Å²) >= 11 is 0. The van der Waals surface area contributed by atoms with E-state index in [-0.39, 0.29) is 17.9 Å². The van der Waals surface area contributed by atoms with Crippen LogP contribution in [-0.2, 0) is 4.79 Å². The highest BCUT2D eigenvalue weighted by Crippen LogP contribution is 2.24. The van der Waals surface area contributed by atoms with Crippen LogP contribution in [0.2, 0.25) is 0 Å². The lowest BCUT2D eigenvalue weighted by Gasteiger charge is -2.15. The van der Waals surface area contributed by atoms with E-state index in [0.29, 0.717) is 11.6 Å². The second-order valence-electron chi connectivity index (χ2n) is 7.50. The van der Waals surface area contributed by atoms with E-state index in [0.717, 1.165) is 34.7 Å². The van der Waals surface area contributed by atoms with Crippen LogP contribution in [0.1, 0.15) is 47.3 Å². The Balaban J connectivity index is 1.38. The summed E-state index contributed by atoms with van der Waals surface area (Å²) in [4.78, 5) is 24.4. The Morgan fingerprint density at radius 2 is 1.69 bits per heavy atom. The van der Waals surface area contributed by atoms with Gasteiger partial charge in [0.2, 0.25) is 5.91 Å². The minimum absolute atomic E-state index is 0.0373. The molecule has 2 amide bonds. The van der Waals surface area contributed by atoms with Gasteiger partial charge in [-0.05, 0) is 59.9 Å². The predicted molar refractivity (Wildman–Crippen MR) is 116 cm³/mol. The maximum absolute atomic E-state index is 12.4. The summed E-state index contributed by atoms with van der Waals surface area (Å²) in [6.45, 7) is 1.99. The highest BCUT2D eigenvalue weighted by atomic mass is 16.2. The molecule has 1 aliphatic carbocycles. The van der Waals surface area contributed by atoms with Crippen molar-refractivity contribution in [3.8, 4) is 0 Å². The van der Waals surface area contributed by atoms with Crippen molar-refractivity contribution < 1.29 is 9.59 Å². The van der Waals surface area contributed by atoms with Crippen molar-refractivity contribution >= 4 is 28.7 Å². The van der Waals surface area contributed by atoms with Gasteiger partial charge in [0.25, 0.3) is 5.91 Å². The number of fused-ring (bicyclic) bond motifs is 1. The SMILES string of the molecule is CC(NC(=O)/C=C/c1ccc(C(=O)NC2CC2)cc1)c1cccc2ccccc12. The quantitative estimate of drug-likeness (QED) is 0.609. The molecule has 29 heavy (non-hydrogen) atoms. The van der Waals surface area contributed by atoms with E-state index in [9.17, 15) is 9.59 Å². The summed E-state index contributed by atoms with van der Waals surface area (Å²) in [6, 6.07) is 21.8. The molecule has 0 aromatic heterocycles. The van der Waals surface area contributed by atoms with Gasteiger partial charge in [-0.1, -0.05) is 54.6 Å². The van der Waals surface area contributed by atoms with E-state index in [4.69, 9.17) is 0 Å². The topological polar surface area (TPSA) is 58.2 Å². The molecule has 0 bridgehead atoms. The normalized spacial score (nSPS) is 14.7. The summed E-state index contributed by atoms with van der Waals surface area (Å²) in [6.07, 6.45) is 5.42. The first-order valence-corrected chi connectivity index (χ1v) is 9.97. The summed E-state index contributed by atoms with van der Waals surface area (Å²) in [7, 11) is 0. The van der Waals surface area contributed by atoms with Gasteiger partial charge in [-0.3, -0.25) is 9.59 Å². The zero-order valence-electron chi connectivity index (χ0n) is 16.4. The van der Waals surface area contributed by atoms with Gasteiger partial charge in [0.1, 0.15) is 0 Å². The van der Waals surface area contributed by atoms with Gasteiger partial charge in [0.05, 0.1) is 6.04 Å². The molecule has 1 aliphatic rings. The number of hydrogen-bond acceptors (Lipinski definition) is 2. The fourth-order valence-electron chi connectivity index (χ4n) is 3.38. The number of carbonyl (C=O) groups is 2. The van der Waals surface area contributed by atoms with Crippen LogP contribution < -0.4 is 10.6 Å². The molecule has 1 atom stereocenters. The summed E-state index contributed by atoms with van der Waals surface area (Å²) in [5, 5.41) is 8.30. The number of benzene rings is 3. The average molecular weight is 384 g/mol.